The summed E-state index contributed by atoms with van der Waals surface area (Å²) in [7, 11) is 1.64. The molecular formula is C25H27N5O3. The Hall–Kier alpha value is -3.94. The van der Waals surface area contributed by atoms with Gasteiger partial charge in [0.1, 0.15) is 11.8 Å². The molecule has 0 fully saturated rings. The van der Waals surface area contributed by atoms with Crippen LogP contribution in [0.1, 0.15) is 47.5 Å². The molecule has 4 rings (SSSR count). The molecule has 1 unspecified atom stereocenters. The Bertz CT molecular complexity index is 1240. The summed E-state index contributed by atoms with van der Waals surface area (Å²) in [5, 5.41) is 7.16. The van der Waals surface area contributed by atoms with Crippen LogP contribution in [0, 0.1) is 19.8 Å². The summed E-state index contributed by atoms with van der Waals surface area (Å²) in [6, 6.07) is 12.8. The summed E-state index contributed by atoms with van der Waals surface area (Å²) < 4.78 is 12.8. The van der Waals surface area contributed by atoms with Gasteiger partial charge in [-0.3, -0.25) is 9.78 Å². The van der Waals surface area contributed by atoms with Crippen LogP contribution >= 0.6 is 0 Å². The number of hydrogen-bond acceptors (Lipinski definition) is 6. The van der Waals surface area contributed by atoms with Crippen LogP contribution in [0.2, 0.25) is 0 Å². The van der Waals surface area contributed by atoms with E-state index in [0.29, 0.717) is 17.3 Å². The van der Waals surface area contributed by atoms with Gasteiger partial charge < -0.3 is 19.1 Å². The van der Waals surface area contributed by atoms with Crippen molar-refractivity contribution in [2.45, 2.75) is 33.7 Å². The SMILES string of the molecule is COc1ccc(-n2c(C)cc(C(=O)NC(c3nc(-c4ccncc4)no3)C(C)C)c2C)cc1. The minimum Gasteiger partial charge on any atom is -0.497 e. The maximum Gasteiger partial charge on any atom is 0.253 e. The number of aromatic nitrogens is 4. The number of rotatable bonds is 7. The zero-order valence-electron chi connectivity index (χ0n) is 19.4. The molecule has 3 aromatic heterocycles. The lowest BCUT2D eigenvalue weighted by Crippen LogP contribution is -2.32. The van der Waals surface area contributed by atoms with E-state index in [9.17, 15) is 4.79 Å². The number of ether oxygens (including phenoxy) is 1. The monoisotopic (exact) mass is 445 g/mol. The van der Waals surface area contributed by atoms with Gasteiger partial charge in [-0.25, -0.2) is 0 Å². The summed E-state index contributed by atoms with van der Waals surface area (Å²) in [6.45, 7) is 7.92. The number of nitrogens with one attached hydrogen (secondary N) is 1. The predicted octanol–water partition coefficient (Wildman–Crippen LogP) is 4.67. The molecule has 0 radical (unpaired) electrons. The van der Waals surface area contributed by atoms with Crippen molar-refractivity contribution in [3.63, 3.8) is 0 Å². The largest absolute Gasteiger partial charge is 0.497 e. The number of amides is 1. The third kappa shape index (κ3) is 4.50. The Balaban J connectivity index is 1.59. The van der Waals surface area contributed by atoms with Crippen LogP contribution in [0.3, 0.4) is 0 Å². The van der Waals surface area contributed by atoms with Crippen LogP contribution in [0.5, 0.6) is 5.75 Å². The first-order valence-electron chi connectivity index (χ1n) is 10.8. The number of pyridine rings is 1. The molecule has 33 heavy (non-hydrogen) atoms. The van der Waals surface area contributed by atoms with Gasteiger partial charge in [0.15, 0.2) is 0 Å². The van der Waals surface area contributed by atoms with Gasteiger partial charge in [0.25, 0.3) is 5.91 Å². The van der Waals surface area contributed by atoms with Crippen LogP contribution in [0.25, 0.3) is 17.1 Å². The Morgan fingerprint density at radius 1 is 1.09 bits per heavy atom. The summed E-state index contributed by atoms with van der Waals surface area (Å²) >= 11 is 0. The molecule has 1 aromatic carbocycles. The molecule has 4 aromatic rings. The molecule has 8 nitrogen and oxygen atoms in total. The summed E-state index contributed by atoms with van der Waals surface area (Å²) in [6.07, 6.45) is 3.34. The normalized spacial score (nSPS) is 12.1. The maximum atomic E-state index is 13.3. The standard InChI is InChI=1S/C25H27N5O3/c1-15(2)22(25-28-23(29-33-25)18-10-12-26-13-11-18)27-24(31)21-14-16(3)30(17(21)4)19-6-8-20(32-5)9-7-19/h6-15,22H,1-5H3,(H,27,31). The Labute approximate surface area is 192 Å². The molecule has 8 heteroatoms. The Morgan fingerprint density at radius 3 is 2.42 bits per heavy atom. The van der Waals surface area contributed by atoms with Gasteiger partial charge in [-0.15, -0.1) is 0 Å². The number of nitrogens with zero attached hydrogens (tertiary/aromatic N) is 4. The van der Waals surface area contributed by atoms with E-state index >= 15 is 0 Å². The second-order valence-corrected chi connectivity index (χ2v) is 8.21. The van der Waals surface area contributed by atoms with Crippen molar-refractivity contribution < 1.29 is 14.1 Å². The van der Waals surface area contributed by atoms with E-state index in [1.54, 1.807) is 19.5 Å². The topological polar surface area (TPSA) is 95.1 Å². The van der Waals surface area contributed by atoms with Crippen LogP contribution in [0.4, 0.5) is 0 Å². The van der Waals surface area contributed by atoms with Crippen molar-refractivity contribution >= 4 is 5.91 Å². The lowest BCUT2D eigenvalue weighted by atomic mass is 10.0. The van der Waals surface area contributed by atoms with E-state index < -0.39 is 6.04 Å². The fraction of sp³-hybridized carbons (Fsp3) is 0.280. The minimum absolute atomic E-state index is 0.0461. The quantitative estimate of drug-likeness (QED) is 0.444. The number of aryl methyl sites for hydroxylation is 1. The first kappa shape index (κ1) is 22.3. The lowest BCUT2D eigenvalue weighted by molar-refractivity contribution is 0.0913. The first-order chi connectivity index (χ1) is 15.9. The van der Waals surface area contributed by atoms with Crippen molar-refractivity contribution in [1.82, 2.24) is 25.0 Å². The van der Waals surface area contributed by atoms with E-state index in [4.69, 9.17) is 9.26 Å². The molecule has 1 amide bonds. The highest BCUT2D eigenvalue weighted by Crippen LogP contribution is 2.26. The molecule has 0 aliphatic rings. The zero-order chi connectivity index (χ0) is 23.5. The number of carbonyl (C=O) groups is 1. The van der Waals surface area contributed by atoms with E-state index in [2.05, 4.69) is 20.4 Å². The van der Waals surface area contributed by atoms with Crippen molar-refractivity contribution in [3.8, 4) is 22.8 Å². The van der Waals surface area contributed by atoms with E-state index in [-0.39, 0.29) is 11.8 Å². The highest BCUT2D eigenvalue weighted by Gasteiger charge is 2.27. The first-order valence-corrected chi connectivity index (χ1v) is 10.8. The molecule has 0 aliphatic heterocycles. The molecule has 0 bridgehead atoms. The number of methoxy groups -OCH3 is 1. The van der Waals surface area contributed by atoms with E-state index in [0.717, 1.165) is 28.4 Å². The fourth-order valence-electron chi connectivity index (χ4n) is 3.83. The van der Waals surface area contributed by atoms with Gasteiger partial charge in [-0.2, -0.15) is 4.98 Å². The second-order valence-electron chi connectivity index (χ2n) is 8.21. The minimum atomic E-state index is -0.426. The zero-order valence-corrected chi connectivity index (χ0v) is 19.4. The Morgan fingerprint density at radius 2 is 1.79 bits per heavy atom. The van der Waals surface area contributed by atoms with Crippen molar-refractivity contribution in [3.05, 3.63) is 77.7 Å². The molecule has 0 saturated heterocycles. The second kappa shape index (κ2) is 9.28. The summed E-state index contributed by atoms with van der Waals surface area (Å²) in [4.78, 5) is 21.8. The molecular weight excluding hydrogens is 418 g/mol. The molecule has 0 saturated carbocycles. The van der Waals surface area contributed by atoms with E-state index in [1.165, 1.54) is 0 Å². The Kier molecular flexibility index (Phi) is 6.26. The van der Waals surface area contributed by atoms with Gasteiger partial charge in [0, 0.05) is 35.0 Å². The summed E-state index contributed by atoms with van der Waals surface area (Å²) in [5.41, 5.74) is 4.17. The lowest BCUT2D eigenvalue weighted by Gasteiger charge is -2.18. The van der Waals surface area contributed by atoms with Gasteiger partial charge in [-0.05, 0) is 62.2 Å². The van der Waals surface area contributed by atoms with Crippen molar-refractivity contribution in [2.24, 2.45) is 5.92 Å². The smallest absolute Gasteiger partial charge is 0.253 e. The molecule has 170 valence electrons. The van der Waals surface area contributed by atoms with Crippen LogP contribution in [-0.4, -0.2) is 32.7 Å². The van der Waals surface area contributed by atoms with Crippen molar-refractivity contribution in [2.75, 3.05) is 7.11 Å². The highest BCUT2D eigenvalue weighted by molar-refractivity contribution is 5.96. The molecule has 1 atom stereocenters. The van der Waals surface area contributed by atoms with Gasteiger partial charge >= 0.3 is 0 Å². The maximum absolute atomic E-state index is 13.3. The fourth-order valence-corrected chi connectivity index (χ4v) is 3.83. The molecule has 0 aliphatic carbocycles. The number of hydrogen-bond donors (Lipinski definition) is 1. The average molecular weight is 446 g/mol. The van der Waals surface area contributed by atoms with Crippen LogP contribution in [0.15, 0.2) is 59.4 Å². The third-order valence-electron chi connectivity index (χ3n) is 5.61. The van der Waals surface area contributed by atoms with Crippen LogP contribution in [-0.2, 0) is 0 Å². The highest BCUT2D eigenvalue weighted by atomic mass is 16.5. The third-order valence-corrected chi connectivity index (χ3v) is 5.61. The van der Waals surface area contributed by atoms with Gasteiger partial charge in [0.2, 0.25) is 11.7 Å². The van der Waals surface area contributed by atoms with Gasteiger partial charge in [0.05, 0.1) is 12.7 Å². The van der Waals surface area contributed by atoms with Crippen LogP contribution < -0.4 is 10.1 Å². The molecule has 3 heterocycles. The average Bonchev–Trinajstić information content (AvgIpc) is 3.42. The predicted molar refractivity (Wildman–Crippen MR) is 124 cm³/mol. The molecule has 0 spiro atoms. The number of carbonyl (C=O) groups excluding carboxylic acids is 1. The van der Waals surface area contributed by atoms with Crippen molar-refractivity contribution in [1.29, 1.82) is 0 Å². The van der Waals surface area contributed by atoms with E-state index in [1.807, 2.05) is 74.7 Å². The van der Waals surface area contributed by atoms with Gasteiger partial charge in [-0.1, -0.05) is 19.0 Å². The molecule has 1 N–H and O–H groups in total. The number of benzene rings is 1. The summed E-state index contributed by atoms with van der Waals surface area (Å²) in [5.74, 6) is 1.47.